The van der Waals surface area contributed by atoms with Crippen LogP contribution in [0.15, 0.2) is 12.1 Å². The predicted octanol–water partition coefficient (Wildman–Crippen LogP) is 1.74. The molecule has 1 N–H and O–H groups in total. The van der Waals surface area contributed by atoms with Crippen LogP contribution in [0.1, 0.15) is 19.8 Å². The maximum Gasteiger partial charge on any atom is 0.253 e. The number of benzene rings is 1. The van der Waals surface area contributed by atoms with Crippen molar-refractivity contribution < 1.29 is 22.8 Å². The van der Waals surface area contributed by atoms with Gasteiger partial charge in [-0.2, -0.15) is 0 Å². The molecule has 1 unspecified atom stereocenters. The SMILES string of the molecule is CC1(C2CC2)NC(=O)CN(c2ccc(F)c(F)c2F)C1=O. The normalized spacial score (nSPS) is 26.0. The minimum atomic E-state index is -1.65. The molecule has 1 atom stereocenters. The summed E-state index contributed by atoms with van der Waals surface area (Å²) < 4.78 is 40.2. The summed E-state index contributed by atoms with van der Waals surface area (Å²) in [7, 11) is 0. The van der Waals surface area contributed by atoms with Crippen LogP contribution in [0.5, 0.6) is 0 Å². The van der Waals surface area contributed by atoms with Gasteiger partial charge in [0.2, 0.25) is 5.91 Å². The Labute approximate surface area is 118 Å². The molecule has 0 aromatic heterocycles. The lowest BCUT2D eigenvalue weighted by Crippen LogP contribution is -2.66. The summed E-state index contributed by atoms with van der Waals surface area (Å²) in [6.45, 7) is 1.16. The first-order valence-corrected chi connectivity index (χ1v) is 6.61. The third-order valence-corrected chi connectivity index (χ3v) is 4.09. The number of piperazine rings is 1. The molecule has 2 aliphatic rings. The van der Waals surface area contributed by atoms with Gasteiger partial charge in [-0.25, -0.2) is 13.2 Å². The number of hydrogen-bond donors (Lipinski definition) is 1. The average molecular weight is 298 g/mol. The van der Waals surface area contributed by atoms with E-state index in [1.807, 2.05) is 0 Å². The number of carbonyl (C=O) groups excluding carboxylic acids is 2. The zero-order chi connectivity index (χ0) is 15.4. The van der Waals surface area contributed by atoms with Crippen LogP contribution in [-0.4, -0.2) is 23.9 Å². The van der Waals surface area contributed by atoms with E-state index in [4.69, 9.17) is 0 Å². The second kappa shape index (κ2) is 4.47. The highest BCUT2D eigenvalue weighted by Gasteiger charge is 2.53. The van der Waals surface area contributed by atoms with Crippen LogP contribution in [0.3, 0.4) is 0 Å². The third kappa shape index (κ3) is 2.07. The van der Waals surface area contributed by atoms with Crippen molar-refractivity contribution in [2.45, 2.75) is 25.3 Å². The van der Waals surface area contributed by atoms with E-state index < -0.39 is 47.0 Å². The molecule has 1 heterocycles. The highest BCUT2D eigenvalue weighted by Crippen LogP contribution is 2.42. The molecule has 1 saturated heterocycles. The largest absolute Gasteiger partial charge is 0.340 e. The second-order valence-corrected chi connectivity index (χ2v) is 5.61. The van der Waals surface area contributed by atoms with Gasteiger partial charge in [0.25, 0.3) is 5.91 Å². The fourth-order valence-electron chi connectivity index (χ4n) is 2.73. The van der Waals surface area contributed by atoms with Gasteiger partial charge in [0.1, 0.15) is 12.1 Å². The van der Waals surface area contributed by atoms with Crippen molar-refractivity contribution in [1.29, 1.82) is 0 Å². The molecular weight excluding hydrogens is 285 g/mol. The number of nitrogens with one attached hydrogen (secondary N) is 1. The molecule has 1 aromatic rings. The van der Waals surface area contributed by atoms with Crippen LogP contribution in [0.4, 0.5) is 18.9 Å². The molecule has 1 aliphatic carbocycles. The van der Waals surface area contributed by atoms with Crippen molar-refractivity contribution in [2.24, 2.45) is 5.92 Å². The minimum Gasteiger partial charge on any atom is -0.340 e. The van der Waals surface area contributed by atoms with Gasteiger partial charge in [-0.1, -0.05) is 0 Å². The molecule has 1 aliphatic heterocycles. The standard InChI is InChI=1S/C14H13F3N2O2/c1-14(7-2-3-7)13(21)19(6-10(20)18-14)9-5-4-8(15)11(16)12(9)17/h4-5,7H,2-3,6H2,1H3,(H,18,20). The summed E-state index contributed by atoms with van der Waals surface area (Å²) in [5, 5.41) is 2.63. The van der Waals surface area contributed by atoms with Gasteiger partial charge in [0, 0.05) is 0 Å². The lowest BCUT2D eigenvalue weighted by atomic mass is 9.91. The number of carbonyl (C=O) groups is 2. The first kappa shape index (κ1) is 13.9. The van der Waals surface area contributed by atoms with Crippen LogP contribution in [0.25, 0.3) is 0 Å². The molecular formula is C14H13F3N2O2. The van der Waals surface area contributed by atoms with E-state index in [1.54, 1.807) is 6.92 Å². The van der Waals surface area contributed by atoms with Gasteiger partial charge in [-0.3, -0.25) is 14.5 Å². The molecule has 3 rings (SSSR count). The average Bonchev–Trinajstić information content (AvgIpc) is 3.26. The predicted molar refractivity (Wildman–Crippen MR) is 67.9 cm³/mol. The van der Waals surface area contributed by atoms with Crippen LogP contribution in [0, 0.1) is 23.4 Å². The zero-order valence-corrected chi connectivity index (χ0v) is 11.3. The van der Waals surface area contributed by atoms with Crippen molar-refractivity contribution in [3.8, 4) is 0 Å². The molecule has 2 amide bonds. The summed E-state index contributed by atoms with van der Waals surface area (Å²) in [6, 6.07) is 1.71. The van der Waals surface area contributed by atoms with Gasteiger partial charge in [0.05, 0.1) is 5.69 Å². The molecule has 0 spiro atoms. The van der Waals surface area contributed by atoms with Crippen LogP contribution < -0.4 is 10.2 Å². The Hall–Kier alpha value is -2.05. The number of halogens is 3. The number of anilines is 1. The molecule has 2 fully saturated rings. The topological polar surface area (TPSA) is 49.4 Å². The van der Waals surface area contributed by atoms with E-state index in [0.717, 1.165) is 29.9 Å². The Morgan fingerprint density at radius 3 is 2.48 bits per heavy atom. The van der Waals surface area contributed by atoms with E-state index in [-0.39, 0.29) is 5.92 Å². The molecule has 1 aromatic carbocycles. The van der Waals surface area contributed by atoms with E-state index in [9.17, 15) is 22.8 Å². The Bertz CT molecular complexity index is 645. The van der Waals surface area contributed by atoms with E-state index in [1.165, 1.54) is 0 Å². The number of rotatable bonds is 2. The van der Waals surface area contributed by atoms with Gasteiger partial charge in [-0.15, -0.1) is 0 Å². The Kier molecular flexibility index (Phi) is 2.96. The molecule has 112 valence electrons. The fraction of sp³-hybridized carbons (Fsp3) is 0.429. The Morgan fingerprint density at radius 2 is 1.86 bits per heavy atom. The van der Waals surface area contributed by atoms with Crippen LogP contribution in [-0.2, 0) is 9.59 Å². The molecule has 7 heteroatoms. The fourth-order valence-corrected chi connectivity index (χ4v) is 2.73. The van der Waals surface area contributed by atoms with Gasteiger partial charge in [-0.05, 0) is 37.8 Å². The quantitative estimate of drug-likeness (QED) is 0.846. The molecule has 0 radical (unpaired) electrons. The maximum atomic E-state index is 13.9. The van der Waals surface area contributed by atoms with E-state index >= 15 is 0 Å². The van der Waals surface area contributed by atoms with Crippen molar-refractivity contribution in [1.82, 2.24) is 5.32 Å². The van der Waals surface area contributed by atoms with Crippen molar-refractivity contribution in [3.63, 3.8) is 0 Å². The summed E-state index contributed by atoms with van der Waals surface area (Å²) in [6.07, 6.45) is 1.58. The van der Waals surface area contributed by atoms with Gasteiger partial charge < -0.3 is 5.32 Å². The second-order valence-electron chi connectivity index (χ2n) is 5.61. The molecule has 4 nitrogen and oxygen atoms in total. The number of amides is 2. The highest BCUT2D eigenvalue weighted by molar-refractivity contribution is 6.09. The van der Waals surface area contributed by atoms with Crippen LogP contribution in [0.2, 0.25) is 0 Å². The Balaban J connectivity index is 2.03. The first-order chi connectivity index (χ1) is 9.84. The highest BCUT2D eigenvalue weighted by atomic mass is 19.2. The number of hydrogen-bond acceptors (Lipinski definition) is 2. The zero-order valence-electron chi connectivity index (χ0n) is 11.3. The summed E-state index contributed by atoms with van der Waals surface area (Å²) in [5.41, 5.74) is -1.53. The lowest BCUT2D eigenvalue weighted by Gasteiger charge is -2.40. The minimum absolute atomic E-state index is 0.00916. The van der Waals surface area contributed by atoms with E-state index in [2.05, 4.69) is 5.32 Å². The van der Waals surface area contributed by atoms with E-state index in [0.29, 0.717) is 0 Å². The summed E-state index contributed by atoms with van der Waals surface area (Å²) >= 11 is 0. The smallest absolute Gasteiger partial charge is 0.253 e. The lowest BCUT2D eigenvalue weighted by molar-refractivity contribution is -0.136. The monoisotopic (exact) mass is 298 g/mol. The maximum absolute atomic E-state index is 13.9. The van der Waals surface area contributed by atoms with Crippen molar-refractivity contribution >= 4 is 17.5 Å². The summed E-state index contributed by atoms with van der Waals surface area (Å²) in [5.74, 6) is -5.42. The van der Waals surface area contributed by atoms with Gasteiger partial charge in [0.15, 0.2) is 17.5 Å². The molecule has 1 saturated carbocycles. The Morgan fingerprint density at radius 1 is 1.19 bits per heavy atom. The van der Waals surface area contributed by atoms with Crippen LogP contribution >= 0.6 is 0 Å². The van der Waals surface area contributed by atoms with Crippen molar-refractivity contribution in [3.05, 3.63) is 29.6 Å². The molecule has 0 bridgehead atoms. The van der Waals surface area contributed by atoms with Crippen molar-refractivity contribution in [2.75, 3.05) is 11.4 Å². The number of nitrogens with zero attached hydrogens (tertiary/aromatic N) is 1. The summed E-state index contributed by atoms with van der Waals surface area (Å²) in [4.78, 5) is 25.2. The first-order valence-electron chi connectivity index (χ1n) is 6.61. The third-order valence-electron chi connectivity index (χ3n) is 4.09. The molecule has 21 heavy (non-hydrogen) atoms. The van der Waals surface area contributed by atoms with Gasteiger partial charge >= 0.3 is 0 Å².